The van der Waals surface area contributed by atoms with Crippen molar-refractivity contribution in [3.63, 3.8) is 0 Å². The Labute approximate surface area is 679 Å². The summed E-state index contributed by atoms with van der Waals surface area (Å²) in [6, 6.07) is 9.42. The number of carbonyl (C=O) groups is 14. The fourth-order valence-corrected chi connectivity index (χ4v) is 17.1. The third kappa shape index (κ3) is 28.9. The number of primary amides is 1. The molecule has 3 aliphatic rings. The van der Waals surface area contributed by atoms with E-state index in [-0.39, 0.29) is 173 Å². The van der Waals surface area contributed by atoms with Crippen LogP contribution in [0.15, 0.2) is 42.5 Å². The summed E-state index contributed by atoms with van der Waals surface area (Å²) in [5, 5.41) is 14.4. The van der Waals surface area contributed by atoms with E-state index in [2.05, 4.69) is 10.6 Å². The van der Waals surface area contributed by atoms with Crippen LogP contribution in [0.5, 0.6) is 0 Å². The topological polar surface area (TPSA) is 366 Å². The minimum Gasteiger partial charge on any atom is -0.481 e. The third-order valence-electron chi connectivity index (χ3n) is 22.9. The van der Waals surface area contributed by atoms with Crippen molar-refractivity contribution in [3.8, 4) is 0 Å². The number of carbonyl (C=O) groups excluding carboxylic acids is 13. The van der Waals surface area contributed by atoms with Gasteiger partial charge in [-0.2, -0.15) is 0 Å². The number of nitrogens with two attached hydrogens (primary N) is 1. The van der Waals surface area contributed by atoms with E-state index in [4.69, 9.17) is 24.7 Å². The summed E-state index contributed by atoms with van der Waals surface area (Å²) >= 11 is 1.36. The summed E-state index contributed by atoms with van der Waals surface area (Å²) in [5.41, 5.74) is 8.52. The number of Topliss-reactive ketones (excluding diaryl/α,β-unsaturated/α-hetero) is 4. The van der Waals surface area contributed by atoms with E-state index < -0.39 is 107 Å². The van der Waals surface area contributed by atoms with Gasteiger partial charge in [0.1, 0.15) is 18.5 Å². The maximum atomic E-state index is 15.2. The summed E-state index contributed by atoms with van der Waals surface area (Å²) < 4.78 is 24.0. The van der Waals surface area contributed by atoms with Gasteiger partial charge in [0.05, 0.1) is 73.5 Å². The van der Waals surface area contributed by atoms with Crippen molar-refractivity contribution >= 4 is 94.4 Å². The number of unbranched alkanes of at least 4 members (excludes halogenated alkanes) is 3. The predicted molar refractivity (Wildman–Crippen MR) is 433 cm³/mol. The number of carboxylic acid groups (broad SMARTS) is 1. The average molecular weight is 1620 g/mol. The minimum atomic E-state index is -0.979. The van der Waals surface area contributed by atoms with Gasteiger partial charge in [-0.3, -0.25) is 67.3 Å². The van der Waals surface area contributed by atoms with E-state index >= 15 is 4.79 Å². The molecule has 2 aliphatic heterocycles. The number of ketones is 4. The molecule has 0 aromatic heterocycles. The number of thioether (sulfide) groups is 1. The van der Waals surface area contributed by atoms with Gasteiger partial charge in [0.15, 0.2) is 17.3 Å². The standard InChI is InChI=1S/C85H131N9O19S/c1-19-55(9)77(92(16)81(106)64(52(4)5)43-68(97)76(53(6)7)89(12)13)70(110-17)44-73(100)94-48-61(42-66(94)78(111-18)57(11)79(104)87-47-69(98)62-33-28-54(8)39-56(62)10)113-84(109)91(15)38-37-90(14)83(108)112-49-59-31-29-58(30-32-59)40-67(96)65(26-22-23-27-72(86)99)88-80(105)63(51(2)3)41-60(95)25-21-20-24-36-93-74(101)45-71(82(93)107)114-50-85(34-35-85)46-75(102)103/h28-33,39,51-53,55,57,61,63-66,70-71,76-78H,19-27,34-38,40-50H2,1-18H3,(H2,86,99)(H,87,104)(H,88,105)(H,102,103)/t55-,57+,61-,63-,64-,65-,66-,70+,71?,76-,77-,78+/m0/s1. The monoisotopic (exact) mass is 1610 g/mol. The van der Waals surface area contributed by atoms with Crippen LogP contribution in [0.2, 0.25) is 0 Å². The number of nitrogens with zero attached hydrogens (tertiary/aromatic N) is 6. The molecule has 114 heavy (non-hydrogen) atoms. The number of benzene rings is 2. The first-order valence-corrected chi connectivity index (χ1v) is 41.6. The van der Waals surface area contributed by atoms with E-state index in [9.17, 15) is 67.4 Å². The molecular weight excluding hydrogens is 1480 g/mol. The van der Waals surface area contributed by atoms with Crippen LogP contribution >= 0.6 is 11.8 Å². The van der Waals surface area contributed by atoms with E-state index in [1.165, 1.54) is 59.7 Å². The van der Waals surface area contributed by atoms with Crippen molar-refractivity contribution in [2.24, 2.45) is 52.6 Å². The first-order valence-electron chi connectivity index (χ1n) is 40.6. The van der Waals surface area contributed by atoms with Crippen LogP contribution in [0, 0.1) is 60.7 Å². The minimum absolute atomic E-state index is 0.00761. The molecule has 0 radical (unpaired) electrons. The van der Waals surface area contributed by atoms with Gasteiger partial charge in [-0.05, 0) is 112 Å². The lowest BCUT2D eigenvalue weighted by Gasteiger charge is -2.41. The Balaban J connectivity index is 1.18. The maximum absolute atomic E-state index is 15.2. The van der Waals surface area contributed by atoms with Gasteiger partial charge in [-0.1, -0.05) is 130 Å². The molecule has 0 spiro atoms. The van der Waals surface area contributed by atoms with Gasteiger partial charge in [0.25, 0.3) is 0 Å². The first-order chi connectivity index (χ1) is 53.7. The van der Waals surface area contributed by atoms with Gasteiger partial charge in [0, 0.05) is 123 Å². The molecule has 1 unspecified atom stereocenters. The second-order valence-electron chi connectivity index (χ2n) is 33.3. The number of likely N-dealkylation sites (tertiary alicyclic amines) is 2. The summed E-state index contributed by atoms with van der Waals surface area (Å²) in [4.78, 5) is 198. The highest BCUT2D eigenvalue weighted by Crippen LogP contribution is 2.52. The Hall–Kier alpha value is -8.15. The zero-order valence-electron chi connectivity index (χ0n) is 70.8. The summed E-state index contributed by atoms with van der Waals surface area (Å²) in [7, 11) is 11.3. The quantitative estimate of drug-likeness (QED) is 0.0272. The highest BCUT2D eigenvalue weighted by atomic mass is 32.2. The second kappa shape index (κ2) is 46.0. The molecule has 5 N–H and O–H groups in total. The molecule has 2 aromatic carbocycles. The van der Waals surface area contributed by atoms with Crippen molar-refractivity contribution in [2.45, 2.75) is 246 Å². The van der Waals surface area contributed by atoms with Gasteiger partial charge in [-0.15, -0.1) is 11.8 Å². The molecule has 5 rings (SSSR count). The van der Waals surface area contributed by atoms with Gasteiger partial charge in [0.2, 0.25) is 41.4 Å². The van der Waals surface area contributed by atoms with Gasteiger partial charge >= 0.3 is 18.2 Å². The molecule has 1 saturated carbocycles. The molecule has 12 atom stereocenters. The van der Waals surface area contributed by atoms with Crippen molar-refractivity contribution < 1.29 is 91.2 Å². The van der Waals surface area contributed by atoms with Gasteiger partial charge < -0.3 is 60.0 Å². The molecule has 29 heteroatoms. The fourth-order valence-electron chi connectivity index (χ4n) is 15.6. The lowest BCUT2D eigenvalue weighted by Crippen LogP contribution is -2.54. The molecule has 2 saturated heterocycles. The number of rotatable bonds is 51. The van der Waals surface area contributed by atoms with Crippen LogP contribution in [0.4, 0.5) is 9.59 Å². The lowest BCUT2D eigenvalue weighted by atomic mass is 9.83. The van der Waals surface area contributed by atoms with Crippen LogP contribution in [0.25, 0.3) is 0 Å². The number of imide groups is 1. The number of methoxy groups -OCH3 is 2. The first kappa shape index (κ1) is 96.4. The van der Waals surface area contributed by atoms with Crippen molar-refractivity contribution in [1.29, 1.82) is 0 Å². The molecule has 636 valence electrons. The number of amides is 9. The average Bonchev–Trinajstić information content (AvgIpc) is 1.60. The Kier molecular flexibility index (Phi) is 38.9. The lowest BCUT2D eigenvalue weighted by molar-refractivity contribution is -0.149. The van der Waals surface area contributed by atoms with Crippen molar-refractivity contribution in [3.05, 3.63) is 70.3 Å². The van der Waals surface area contributed by atoms with Crippen LogP contribution in [0.3, 0.4) is 0 Å². The number of likely N-dealkylation sites (N-methyl/N-ethyl adjacent to an activating group) is 4. The Morgan fingerprint density at radius 2 is 1.36 bits per heavy atom. The molecule has 3 fully saturated rings. The Morgan fingerprint density at radius 1 is 0.728 bits per heavy atom. The predicted octanol–water partition coefficient (Wildman–Crippen LogP) is 9.21. The molecule has 28 nitrogen and oxygen atoms in total. The highest BCUT2D eigenvalue weighted by molar-refractivity contribution is 8.00. The summed E-state index contributed by atoms with van der Waals surface area (Å²) in [6.45, 7) is 20.4. The van der Waals surface area contributed by atoms with Crippen LogP contribution in [-0.4, -0.2) is 253 Å². The Morgan fingerprint density at radius 3 is 1.93 bits per heavy atom. The fraction of sp³-hybridized carbons (Fsp3) is 0.694. The molecular formula is C85H131N9O19S. The van der Waals surface area contributed by atoms with E-state index in [0.29, 0.717) is 61.0 Å². The molecule has 2 aromatic rings. The van der Waals surface area contributed by atoms with E-state index in [0.717, 1.165) is 24.0 Å². The number of hydrogen-bond donors (Lipinski definition) is 4. The number of nitrogens with one attached hydrogen (secondary N) is 2. The number of hydrogen-bond acceptors (Lipinski definition) is 20. The smallest absolute Gasteiger partial charge is 0.409 e. The van der Waals surface area contributed by atoms with E-state index in [1.807, 2.05) is 100 Å². The molecule has 9 amide bonds. The number of carboxylic acids is 1. The third-order valence-corrected chi connectivity index (χ3v) is 24.5. The van der Waals surface area contributed by atoms with Crippen LogP contribution < -0.4 is 16.4 Å². The van der Waals surface area contributed by atoms with Crippen LogP contribution in [-0.2, 0) is 84.7 Å². The number of aryl methyl sites for hydroxylation is 2. The summed E-state index contributed by atoms with van der Waals surface area (Å²) in [5.74, 6) is -6.77. The normalized spacial score (nSPS) is 18.3. The van der Waals surface area contributed by atoms with E-state index in [1.54, 1.807) is 49.2 Å². The Bertz CT molecular complexity index is 3630. The molecule has 1 aliphatic carbocycles. The largest absolute Gasteiger partial charge is 0.481 e. The number of aliphatic carboxylic acids is 1. The molecule has 0 bridgehead atoms. The highest BCUT2D eigenvalue weighted by Gasteiger charge is 2.49. The van der Waals surface area contributed by atoms with Gasteiger partial charge in [-0.25, -0.2) is 9.59 Å². The SMILES string of the molecule is CC[C@H](C)[C@@H]([C@@H](CC(=O)N1C[C@@H](OC(=O)N(C)CCN(C)C(=O)OCc2ccc(CC(=O)[C@H](CCCCC(N)=O)NC(=O)[C@@H](CC(=O)CCCCCN3C(=O)CC(SCC4(CC(=O)O)CC4)C3=O)C(C)C)cc2)C[C@H]1[C@H](OC)[C@@H](C)C(=O)NCC(=O)c1ccc(C)cc1C)OC)N(C)C(=O)[C@@H](CC(=O)[C@H](C(C)C)N(C)C)C(C)C. The van der Waals surface area contributed by atoms with Crippen molar-refractivity contribution in [1.82, 2.24) is 40.0 Å². The molecule has 2 heterocycles. The zero-order valence-corrected chi connectivity index (χ0v) is 71.7. The second-order valence-corrected chi connectivity index (χ2v) is 34.5. The maximum Gasteiger partial charge on any atom is 0.409 e. The summed E-state index contributed by atoms with van der Waals surface area (Å²) in [6.07, 6.45) is 0.627. The van der Waals surface area contributed by atoms with Crippen molar-refractivity contribution in [2.75, 3.05) is 87.9 Å². The zero-order chi connectivity index (χ0) is 85.2. The van der Waals surface area contributed by atoms with Crippen LogP contribution in [0.1, 0.15) is 204 Å². The number of ether oxygens (including phenoxy) is 4.